The van der Waals surface area contributed by atoms with Crippen molar-refractivity contribution in [1.82, 2.24) is 0 Å². The molecule has 8 aromatic carbocycles. The maximum absolute atomic E-state index is 2.51. The van der Waals surface area contributed by atoms with Gasteiger partial charge in [-0.25, -0.2) is 0 Å². The van der Waals surface area contributed by atoms with Crippen LogP contribution < -0.4 is 0 Å². The smallest absolute Gasteiger partial charge is 0.0481 e. The highest BCUT2D eigenvalue weighted by atomic mass is 32.1. The summed E-state index contributed by atoms with van der Waals surface area (Å²) >= 11 is 7.90. The van der Waals surface area contributed by atoms with Crippen molar-refractivity contribution in [3.05, 3.63) is 157 Å². The monoisotopic (exact) mass is 842 g/mol. The molecule has 0 nitrogen and oxygen atoms in total. The van der Waals surface area contributed by atoms with Crippen LogP contribution in [-0.4, -0.2) is 0 Å². The molecule has 290 valence electrons. The molecule has 0 spiro atoms. The van der Waals surface area contributed by atoms with Gasteiger partial charge in [-0.05, 0) is 149 Å². The van der Waals surface area contributed by atoms with Gasteiger partial charge in [0.25, 0.3) is 0 Å². The van der Waals surface area contributed by atoms with E-state index in [0.29, 0.717) is 0 Å². The molecule has 0 aliphatic heterocycles. The summed E-state index contributed by atoms with van der Waals surface area (Å²) in [5.41, 5.74) is 5.68. The maximum Gasteiger partial charge on any atom is 0.0481 e. The van der Waals surface area contributed by atoms with Gasteiger partial charge >= 0.3 is 0 Å². The van der Waals surface area contributed by atoms with Gasteiger partial charge < -0.3 is 0 Å². The molecule has 4 aromatic heterocycles. The Hall–Kier alpha value is -5.36. The van der Waals surface area contributed by atoms with E-state index in [0.717, 1.165) is 12.8 Å². The number of aryl methyl sites for hydroxylation is 2. The highest BCUT2D eigenvalue weighted by Gasteiger charge is 2.21. The Morgan fingerprint density at radius 3 is 1.12 bits per heavy atom. The van der Waals surface area contributed by atoms with Gasteiger partial charge in [0, 0.05) is 39.0 Å². The summed E-state index contributed by atoms with van der Waals surface area (Å²) in [6.07, 6.45) is 7.00. The summed E-state index contributed by atoms with van der Waals surface area (Å²) in [5.74, 6) is 0. The molecular weight excluding hydrogens is 801 g/mol. The molecule has 12 rings (SSSR count). The number of hydrogen-bond donors (Lipinski definition) is 0. The van der Waals surface area contributed by atoms with Crippen LogP contribution in [0.5, 0.6) is 0 Å². The molecule has 0 N–H and O–H groups in total. The molecule has 0 saturated heterocycles. The normalized spacial score (nSPS) is 12.2. The first kappa shape index (κ1) is 36.5. The van der Waals surface area contributed by atoms with Gasteiger partial charge in [0.1, 0.15) is 0 Å². The second-order valence-corrected chi connectivity index (χ2v) is 20.7. The van der Waals surface area contributed by atoms with Crippen LogP contribution in [0, 0.1) is 0 Å². The van der Waals surface area contributed by atoms with Gasteiger partial charge in [-0.15, -0.1) is 45.3 Å². The molecule has 0 saturated carbocycles. The van der Waals surface area contributed by atoms with Crippen molar-refractivity contribution in [1.29, 1.82) is 0 Å². The van der Waals surface area contributed by atoms with Gasteiger partial charge in [0.2, 0.25) is 0 Å². The molecule has 0 aliphatic rings. The number of rotatable bonds is 11. The molecule has 0 aliphatic carbocycles. The Balaban J connectivity index is 0.910. The van der Waals surface area contributed by atoms with E-state index in [1.54, 1.807) is 0 Å². The lowest BCUT2D eigenvalue weighted by molar-refractivity contribution is 0.798. The minimum atomic E-state index is 1.11. The quantitative estimate of drug-likeness (QED) is 0.114. The number of benzene rings is 8. The van der Waals surface area contributed by atoms with E-state index in [2.05, 4.69) is 159 Å². The van der Waals surface area contributed by atoms with Crippen LogP contribution in [0.1, 0.15) is 50.7 Å². The largest absolute Gasteiger partial charge is 0.134 e. The van der Waals surface area contributed by atoms with Crippen molar-refractivity contribution < 1.29 is 0 Å². The lowest BCUT2D eigenvalue weighted by Gasteiger charge is -2.13. The Morgan fingerprint density at radius 2 is 0.700 bits per heavy atom. The third-order valence-corrected chi connectivity index (χ3v) is 17.9. The first-order valence-corrected chi connectivity index (χ1v) is 24.7. The average Bonchev–Trinajstić information content (AvgIpc) is 4.13. The van der Waals surface area contributed by atoms with Crippen LogP contribution in [-0.2, 0) is 12.8 Å². The standard InChI is InChI=1S/C56H42S4/c1-3-5-9-39-31-49(41-23-19-37-17-15-33-11-7-13-35-21-25-43(41)53(37)51(33)35)59-55(39)47-29-27-45(57-47)46-28-30-48(58-46)56-40(10-6-4-2)32-50(60-56)42-24-20-38-18-16-34-12-8-14-36-22-26-44(42)54(38)52(34)36/h7-8,11-32H,3-6,9-10H2,1-2H3. The topological polar surface area (TPSA) is 0 Å². The molecule has 12 aromatic rings. The second kappa shape index (κ2) is 14.7. The van der Waals surface area contributed by atoms with E-state index < -0.39 is 0 Å². The fraction of sp³-hybridized carbons (Fsp3) is 0.143. The number of thiophene rings is 4. The van der Waals surface area contributed by atoms with Crippen molar-refractivity contribution in [3.8, 4) is 50.1 Å². The second-order valence-electron chi connectivity index (χ2n) is 16.4. The average molecular weight is 843 g/mol. The molecule has 0 bridgehead atoms. The minimum absolute atomic E-state index is 1.11. The summed E-state index contributed by atoms with van der Waals surface area (Å²) < 4.78 is 0. The van der Waals surface area contributed by atoms with Crippen molar-refractivity contribution in [3.63, 3.8) is 0 Å². The van der Waals surface area contributed by atoms with E-state index in [1.807, 2.05) is 45.3 Å². The summed E-state index contributed by atoms with van der Waals surface area (Å²) in [6.45, 7) is 4.61. The Morgan fingerprint density at radius 1 is 0.333 bits per heavy atom. The number of hydrogen-bond acceptors (Lipinski definition) is 4. The van der Waals surface area contributed by atoms with Gasteiger partial charge in [0.15, 0.2) is 0 Å². The Bertz CT molecular complexity index is 3260. The Labute approximate surface area is 366 Å². The predicted molar refractivity (Wildman–Crippen MR) is 270 cm³/mol. The lowest BCUT2D eigenvalue weighted by atomic mass is 9.91. The van der Waals surface area contributed by atoms with Crippen molar-refractivity contribution >= 4 is 110 Å². The molecule has 0 atom stereocenters. The predicted octanol–water partition coefficient (Wildman–Crippen LogP) is 18.7. The molecule has 0 amide bonds. The van der Waals surface area contributed by atoms with Crippen molar-refractivity contribution in [2.75, 3.05) is 0 Å². The van der Waals surface area contributed by atoms with Crippen LogP contribution in [0.3, 0.4) is 0 Å². The van der Waals surface area contributed by atoms with Gasteiger partial charge in [0.05, 0.1) is 0 Å². The van der Waals surface area contributed by atoms with Crippen LogP contribution in [0.4, 0.5) is 0 Å². The SMILES string of the molecule is CCCCc1cc(-c2ccc3ccc4cccc5ccc2c3c45)sc1-c1ccc(-c2ccc(-c3sc(-c4ccc5ccc6cccc7ccc4c5c67)cc3CCCC)s2)s1. The minimum Gasteiger partial charge on any atom is -0.134 e. The van der Waals surface area contributed by atoms with Gasteiger partial charge in [-0.1, -0.05) is 136 Å². The first-order valence-electron chi connectivity index (χ1n) is 21.4. The third-order valence-electron chi connectivity index (χ3n) is 12.7. The van der Waals surface area contributed by atoms with E-state index in [9.17, 15) is 0 Å². The van der Waals surface area contributed by atoms with Gasteiger partial charge in [-0.3, -0.25) is 0 Å². The molecule has 0 unspecified atom stereocenters. The fourth-order valence-corrected chi connectivity index (χ4v) is 14.6. The molecular formula is C56H42S4. The molecule has 4 heteroatoms. The lowest BCUT2D eigenvalue weighted by Crippen LogP contribution is -1.86. The number of unbranched alkanes of at least 4 members (excludes halogenated alkanes) is 2. The summed E-state index contributed by atoms with van der Waals surface area (Å²) in [7, 11) is 0. The summed E-state index contributed by atoms with van der Waals surface area (Å²) in [6, 6.07) is 55.8. The zero-order valence-electron chi connectivity index (χ0n) is 33.7. The highest BCUT2D eigenvalue weighted by Crippen LogP contribution is 2.50. The van der Waals surface area contributed by atoms with Gasteiger partial charge in [-0.2, -0.15) is 0 Å². The zero-order chi connectivity index (χ0) is 39.9. The third kappa shape index (κ3) is 5.87. The molecule has 4 heterocycles. The zero-order valence-corrected chi connectivity index (χ0v) is 37.0. The van der Waals surface area contributed by atoms with E-state index in [4.69, 9.17) is 0 Å². The molecule has 0 fully saturated rings. The fourth-order valence-electron chi connectivity index (χ4n) is 9.73. The summed E-state index contributed by atoms with van der Waals surface area (Å²) in [5, 5.41) is 16.2. The van der Waals surface area contributed by atoms with Crippen molar-refractivity contribution in [2.45, 2.75) is 52.4 Å². The maximum atomic E-state index is 2.51. The Kier molecular flexibility index (Phi) is 8.92. The first-order chi connectivity index (χ1) is 29.6. The van der Waals surface area contributed by atoms with Crippen molar-refractivity contribution in [2.24, 2.45) is 0 Å². The molecule has 60 heavy (non-hydrogen) atoms. The van der Waals surface area contributed by atoms with Crippen LogP contribution in [0.15, 0.2) is 146 Å². The highest BCUT2D eigenvalue weighted by molar-refractivity contribution is 7.29. The van der Waals surface area contributed by atoms with Crippen LogP contribution in [0.2, 0.25) is 0 Å². The van der Waals surface area contributed by atoms with Crippen LogP contribution >= 0.6 is 45.3 Å². The van der Waals surface area contributed by atoms with E-state index >= 15 is 0 Å². The molecule has 0 radical (unpaired) electrons. The summed E-state index contributed by atoms with van der Waals surface area (Å²) in [4.78, 5) is 11.1. The van der Waals surface area contributed by atoms with E-state index in [1.165, 1.54) is 152 Å². The van der Waals surface area contributed by atoms with E-state index in [-0.39, 0.29) is 0 Å². The van der Waals surface area contributed by atoms with Crippen LogP contribution in [0.25, 0.3) is 115 Å².